The quantitative estimate of drug-likeness (QED) is 0.578. The Morgan fingerprint density at radius 2 is 2.30 bits per heavy atom. The highest BCUT2D eigenvalue weighted by molar-refractivity contribution is 9.23. The standard InChI is InChI=1S/C7H7S.BrH.Mg/c8-6-7-4-2-1-3-5-7;;/h1-2,4-5,8H,6H2;1H;/q;;+1/p-1. The normalized spacial score (nSPS) is 9.00. The number of halogens is 1. The molecule has 0 saturated heterocycles. The van der Waals surface area contributed by atoms with Gasteiger partial charge in [-0.25, -0.2) is 0 Å². The third-order valence-corrected chi connectivity index (χ3v) is 4.38. The zero-order valence-electron chi connectivity index (χ0n) is 5.55. The van der Waals surface area contributed by atoms with E-state index in [9.17, 15) is 0 Å². The molecule has 0 amide bonds. The average molecular weight is 227 g/mol. The molecule has 3 heteroatoms. The summed E-state index contributed by atoms with van der Waals surface area (Å²) in [6, 6.07) is 8.57. The smallest absolute Gasteiger partial charge is 0.296 e. The summed E-state index contributed by atoms with van der Waals surface area (Å²) in [6.45, 7) is 0. The summed E-state index contributed by atoms with van der Waals surface area (Å²) in [6.07, 6.45) is 0. The minimum Gasteiger partial charge on any atom is -0.296 e. The average Bonchev–Trinajstić information content (AvgIpc) is 2.05. The lowest BCUT2D eigenvalue weighted by molar-refractivity contribution is 1.44. The van der Waals surface area contributed by atoms with Crippen molar-refractivity contribution >= 4 is 47.4 Å². The first-order valence-electron chi connectivity index (χ1n) is 3.11. The van der Waals surface area contributed by atoms with Crippen LogP contribution in [-0.4, -0.2) is 18.2 Å². The Labute approximate surface area is 82.4 Å². The molecule has 0 heterocycles. The minimum absolute atomic E-state index is 0.161. The first-order chi connectivity index (χ1) is 4.86. The highest BCUT2D eigenvalue weighted by Gasteiger charge is 1.94. The van der Waals surface area contributed by atoms with Crippen molar-refractivity contribution in [3.63, 3.8) is 0 Å². The van der Waals surface area contributed by atoms with Gasteiger partial charge in [0.2, 0.25) is 0 Å². The molecule has 50 valence electrons. The molecule has 0 spiro atoms. The van der Waals surface area contributed by atoms with Gasteiger partial charge in [0.25, 0.3) is 0 Å². The summed E-state index contributed by atoms with van der Waals surface area (Å²) < 4.78 is 1.45. The Morgan fingerprint density at radius 3 is 2.90 bits per heavy atom. The highest BCUT2D eigenvalue weighted by atomic mass is 79.9. The van der Waals surface area contributed by atoms with Crippen LogP contribution in [0.15, 0.2) is 24.3 Å². The lowest BCUT2D eigenvalue weighted by Gasteiger charge is -1.97. The Bertz CT molecular complexity index is 195. The predicted molar refractivity (Wildman–Crippen MR) is 53.4 cm³/mol. The van der Waals surface area contributed by atoms with Crippen molar-refractivity contribution in [1.29, 1.82) is 0 Å². The largest absolute Gasteiger partial charge is 0.506 e. The van der Waals surface area contributed by atoms with Gasteiger partial charge in [0.1, 0.15) is 0 Å². The predicted octanol–water partition coefficient (Wildman–Crippen LogP) is 1.76. The van der Waals surface area contributed by atoms with Gasteiger partial charge in [-0.2, -0.15) is 16.3 Å². The topological polar surface area (TPSA) is 0 Å². The fourth-order valence-corrected chi connectivity index (χ4v) is 2.62. The van der Waals surface area contributed by atoms with Gasteiger partial charge in [0, 0.05) is 5.75 Å². The summed E-state index contributed by atoms with van der Waals surface area (Å²) >= 11 is 7.57. The van der Waals surface area contributed by atoms with E-state index in [1.165, 1.54) is 9.26 Å². The van der Waals surface area contributed by atoms with Gasteiger partial charge in [-0.15, -0.1) is 0 Å². The van der Waals surface area contributed by atoms with E-state index in [-0.39, 0.29) is 18.2 Å². The van der Waals surface area contributed by atoms with Crippen LogP contribution in [0.3, 0.4) is 0 Å². The molecule has 0 aliphatic heterocycles. The van der Waals surface area contributed by atoms with E-state index >= 15 is 0 Å². The van der Waals surface area contributed by atoms with Gasteiger partial charge < -0.3 is 0 Å². The van der Waals surface area contributed by atoms with E-state index in [1.54, 1.807) is 0 Å². The summed E-state index contributed by atoms with van der Waals surface area (Å²) in [4.78, 5) is 0. The fraction of sp³-hybridized carbons (Fsp3) is 0.143. The third-order valence-electron chi connectivity index (χ3n) is 1.33. The summed E-state index contributed by atoms with van der Waals surface area (Å²) in [5.74, 6) is 0.842. The van der Waals surface area contributed by atoms with Crippen LogP contribution in [0.2, 0.25) is 0 Å². The number of thiol groups is 1. The van der Waals surface area contributed by atoms with Gasteiger partial charge in [-0.05, 0) is 5.56 Å². The monoisotopic (exact) mass is 226 g/mol. The molecule has 0 aliphatic rings. The number of benzene rings is 1. The van der Waals surface area contributed by atoms with Gasteiger partial charge in [-0.3, -0.25) is 12.9 Å². The van der Waals surface area contributed by atoms with Crippen LogP contribution in [0.1, 0.15) is 5.56 Å². The minimum atomic E-state index is -0.161. The molecule has 1 aromatic rings. The molecule has 0 nitrogen and oxygen atoms in total. The molecule has 0 aromatic heterocycles. The molecule has 0 fully saturated rings. The molecule has 1 aromatic carbocycles. The summed E-state index contributed by atoms with van der Waals surface area (Å²) in [5, 5.41) is 0. The Balaban J connectivity index is 2.87. The van der Waals surface area contributed by atoms with Crippen LogP contribution < -0.4 is 3.69 Å². The first-order valence-corrected chi connectivity index (χ1v) is 8.35. The van der Waals surface area contributed by atoms with Crippen molar-refractivity contribution in [2.45, 2.75) is 5.75 Å². The van der Waals surface area contributed by atoms with Crippen molar-refractivity contribution in [2.75, 3.05) is 0 Å². The molecule has 0 unspecified atom stereocenters. The van der Waals surface area contributed by atoms with E-state index < -0.39 is 0 Å². The van der Waals surface area contributed by atoms with Crippen molar-refractivity contribution < 1.29 is 0 Å². The Kier molecular flexibility index (Phi) is 4.14. The van der Waals surface area contributed by atoms with E-state index in [2.05, 4.69) is 49.8 Å². The summed E-state index contributed by atoms with van der Waals surface area (Å²) in [7, 11) is 0. The second-order valence-electron chi connectivity index (χ2n) is 2.11. The van der Waals surface area contributed by atoms with Gasteiger partial charge >= 0.3 is 18.2 Å². The first kappa shape index (κ1) is 8.91. The lowest BCUT2D eigenvalue weighted by atomic mass is 10.2. The molecule has 0 aliphatic carbocycles. The van der Waals surface area contributed by atoms with Crippen molar-refractivity contribution in [1.82, 2.24) is 0 Å². The van der Waals surface area contributed by atoms with Gasteiger partial charge in [-0.1, -0.05) is 24.3 Å². The van der Waals surface area contributed by atoms with Crippen molar-refractivity contribution in [2.24, 2.45) is 0 Å². The molecule has 0 bridgehead atoms. The van der Waals surface area contributed by atoms with Crippen LogP contribution >= 0.6 is 25.5 Å². The zero-order chi connectivity index (χ0) is 7.40. The maximum absolute atomic E-state index is 4.20. The molecule has 0 atom stereocenters. The number of rotatable bonds is 2. The molecule has 1 rings (SSSR count). The number of hydrogen-bond donors (Lipinski definition) is 1. The molecular formula is C7H7BrMgS. The van der Waals surface area contributed by atoms with E-state index in [1.807, 2.05) is 0 Å². The fourth-order valence-electron chi connectivity index (χ4n) is 0.811. The molecule has 0 radical (unpaired) electrons. The maximum Gasteiger partial charge on any atom is 0.506 e. The van der Waals surface area contributed by atoms with E-state index in [0.29, 0.717) is 0 Å². The highest BCUT2D eigenvalue weighted by Crippen LogP contribution is 1.99. The molecule has 0 N–H and O–H groups in total. The van der Waals surface area contributed by atoms with Crippen molar-refractivity contribution in [3.8, 4) is 0 Å². The summed E-state index contributed by atoms with van der Waals surface area (Å²) in [5.41, 5.74) is 1.31. The number of hydrogen-bond acceptors (Lipinski definition) is 1. The Hall–Kier alpha value is 0.816. The van der Waals surface area contributed by atoms with Crippen LogP contribution in [-0.2, 0) is 5.75 Å². The lowest BCUT2D eigenvalue weighted by Crippen LogP contribution is -2.07. The third kappa shape index (κ3) is 2.45. The van der Waals surface area contributed by atoms with Crippen molar-refractivity contribution in [3.05, 3.63) is 29.8 Å². The van der Waals surface area contributed by atoms with Crippen LogP contribution in [0.5, 0.6) is 0 Å². The maximum atomic E-state index is 4.20. The van der Waals surface area contributed by atoms with Crippen LogP contribution in [0.25, 0.3) is 0 Å². The molecule has 0 saturated carbocycles. The van der Waals surface area contributed by atoms with E-state index in [0.717, 1.165) is 5.75 Å². The second-order valence-corrected chi connectivity index (χ2v) is 5.19. The SMILES string of the molecule is SCc1ccc[c]([Mg][Br])c1. The second kappa shape index (κ2) is 4.65. The van der Waals surface area contributed by atoms with E-state index in [4.69, 9.17) is 0 Å². The van der Waals surface area contributed by atoms with Gasteiger partial charge in [0.05, 0.1) is 0 Å². The molecular weight excluding hydrogens is 220 g/mol. The Morgan fingerprint density at radius 1 is 1.50 bits per heavy atom. The van der Waals surface area contributed by atoms with Crippen LogP contribution in [0.4, 0.5) is 0 Å². The molecule has 10 heavy (non-hydrogen) atoms. The zero-order valence-corrected chi connectivity index (χ0v) is 9.44. The van der Waals surface area contributed by atoms with Gasteiger partial charge in [0.15, 0.2) is 0 Å². The van der Waals surface area contributed by atoms with Crippen LogP contribution in [0, 0.1) is 0 Å².